The highest BCUT2D eigenvalue weighted by Crippen LogP contribution is 2.21. The molecule has 2 atom stereocenters. The lowest BCUT2D eigenvalue weighted by Crippen LogP contribution is -2.54. The monoisotopic (exact) mass is 880 g/mol. The molecule has 0 radical (unpaired) electrons. The van der Waals surface area contributed by atoms with Crippen molar-refractivity contribution in [2.75, 3.05) is 43.8 Å². The molecule has 64 heavy (non-hydrogen) atoms. The van der Waals surface area contributed by atoms with Crippen molar-refractivity contribution in [1.82, 2.24) is 36.1 Å². The molecule has 0 saturated heterocycles. The summed E-state index contributed by atoms with van der Waals surface area (Å²) in [6.45, 7) is 6.88. The van der Waals surface area contributed by atoms with Crippen LogP contribution in [0, 0.1) is 5.92 Å². The fraction of sp³-hybridized carbons (Fsp3) is 0.435. The van der Waals surface area contributed by atoms with Crippen LogP contribution in [0.5, 0.6) is 0 Å². The topological polar surface area (TPSA) is 260 Å². The highest BCUT2D eigenvalue weighted by molar-refractivity contribution is 6.12. The zero-order valence-corrected chi connectivity index (χ0v) is 36.5. The molecular formula is C46H60N10O8. The van der Waals surface area contributed by atoms with E-state index in [9.17, 15) is 33.6 Å². The number of alkyl carbamates (subject to hydrolysis) is 1. The van der Waals surface area contributed by atoms with Gasteiger partial charge in [-0.05, 0) is 85.2 Å². The number of rotatable bonds is 23. The summed E-state index contributed by atoms with van der Waals surface area (Å²) in [5, 5.41) is 13.8. The fourth-order valence-corrected chi connectivity index (χ4v) is 7.23. The van der Waals surface area contributed by atoms with E-state index in [1.165, 1.54) is 12.2 Å². The largest absolute Gasteiger partial charge is 0.445 e. The van der Waals surface area contributed by atoms with E-state index in [2.05, 4.69) is 36.5 Å². The van der Waals surface area contributed by atoms with E-state index < -0.39 is 30.0 Å². The predicted molar refractivity (Wildman–Crippen MR) is 240 cm³/mol. The standard InChI is InChI=1S/C46H60N10O8/c1-30(2)42(54-39(57)8-4-3-5-23-56-40(58)17-18-41(56)59)45(62)53-38(7-6-20-47)44(61)52-36-15-11-32(12-16-36)29-64-46(63)50-22-21-49-43(60)33-13-9-31(10-14-33)27-55-24-19-37-34(28-55)25-35(48)26-51-37/h9-18,25-26,30,38,42H,3-8,19-24,27-29,47-48H2,1-2H3,(H,49,60)(H,50,63)(H,52,61)(H,53,62)(H,54,57)/t38-,42?/m0/s1. The van der Waals surface area contributed by atoms with Crippen molar-refractivity contribution < 1.29 is 38.3 Å². The van der Waals surface area contributed by atoms with Crippen LogP contribution in [0.25, 0.3) is 0 Å². The lowest BCUT2D eigenvalue weighted by Gasteiger charge is -2.28. The molecule has 342 valence electrons. The minimum atomic E-state index is -0.926. The number of unbranched alkanes of at least 4 members (excludes halogenated alkanes) is 2. The third-order valence-electron chi connectivity index (χ3n) is 10.8. The van der Waals surface area contributed by atoms with Crippen molar-refractivity contribution in [3.8, 4) is 0 Å². The molecule has 0 spiro atoms. The van der Waals surface area contributed by atoms with Crippen molar-refractivity contribution >= 4 is 52.9 Å². The molecule has 0 fully saturated rings. The average molecular weight is 881 g/mol. The molecule has 0 bridgehead atoms. The van der Waals surface area contributed by atoms with Crippen LogP contribution in [-0.4, -0.2) is 101 Å². The Kier molecular flexibility index (Phi) is 18.3. The summed E-state index contributed by atoms with van der Waals surface area (Å²) in [6.07, 6.45) is 6.93. The summed E-state index contributed by atoms with van der Waals surface area (Å²) >= 11 is 0. The van der Waals surface area contributed by atoms with Crippen molar-refractivity contribution in [2.24, 2.45) is 11.7 Å². The van der Waals surface area contributed by atoms with E-state index in [0.717, 1.165) is 47.8 Å². The van der Waals surface area contributed by atoms with Gasteiger partial charge in [-0.1, -0.05) is 44.5 Å². The van der Waals surface area contributed by atoms with Gasteiger partial charge in [-0.2, -0.15) is 0 Å². The Morgan fingerprint density at radius 3 is 2.25 bits per heavy atom. The number of pyridine rings is 1. The van der Waals surface area contributed by atoms with Gasteiger partial charge >= 0.3 is 6.09 Å². The third-order valence-corrected chi connectivity index (χ3v) is 10.8. The maximum Gasteiger partial charge on any atom is 0.407 e. The van der Waals surface area contributed by atoms with Crippen LogP contribution in [0.1, 0.15) is 85.1 Å². The van der Waals surface area contributed by atoms with Crippen LogP contribution < -0.4 is 38.1 Å². The quantitative estimate of drug-likeness (QED) is 0.0536. The second kappa shape index (κ2) is 24.3. The summed E-state index contributed by atoms with van der Waals surface area (Å²) in [7, 11) is 0. The first-order valence-electron chi connectivity index (χ1n) is 21.8. The number of fused-ring (bicyclic) bond motifs is 1. The Morgan fingerprint density at radius 1 is 0.844 bits per heavy atom. The van der Waals surface area contributed by atoms with E-state index in [-0.39, 0.29) is 68.6 Å². The summed E-state index contributed by atoms with van der Waals surface area (Å²) in [4.78, 5) is 95.9. The number of nitrogens with zero attached hydrogens (tertiary/aromatic N) is 3. The van der Waals surface area contributed by atoms with E-state index in [1.54, 1.807) is 56.4 Å². The minimum absolute atomic E-state index is 0.0382. The number of ether oxygens (including phenoxy) is 1. The molecule has 0 aliphatic carbocycles. The molecule has 18 nitrogen and oxygen atoms in total. The first-order valence-corrected chi connectivity index (χ1v) is 21.8. The highest BCUT2D eigenvalue weighted by Gasteiger charge is 2.29. The summed E-state index contributed by atoms with van der Waals surface area (Å²) in [5.74, 6) is -2.50. The lowest BCUT2D eigenvalue weighted by molar-refractivity contribution is -0.137. The van der Waals surface area contributed by atoms with Crippen molar-refractivity contribution in [3.63, 3.8) is 0 Å². The number of nitrogens with one attached hydrogen (secondary N) is 5. The summed E-state index contributed by atoms with van der Waals surface area (Å²) < 4.78 is 5.32. The first kappa shape index (κ1) is 48.4. The van der Waals surface area contributed by atoms with Crippen LogP contribution in [0.15, 0.2) is 72.9 Å². The number of carbonyl (C=O) groups is 7. The van der Waals surface area contributed by atoms with Gasteiger partial charge in [0, 0.05) is 81.2 Å². The van der Waals surface area contributed by atoms with E-state index in [0.29, 0.717) is 54.7 Å². The van der Waals surface area contributed by atoms with E-state index in [4.69, 9.17) is 16.2 Å². The number of nitrogens with two attached hydrogens (primary N) is 2. The molecule has 9 N–H and O–H groups in total. The maximum absolute atomic E-state index is 13.4. The Balaban J connectivity index is 0.975. The van der Waals surface area contributed by atoms with Crippen molar-refractivity contribution in [3.05, 3.63) is 101 Å². The zero-order chi connectivity index (χ0) is 46.0. The maximum atomic E-state index is 13.4. The number of imide groups is 1. The van der Waals surface area contributed by atoms with Gasteiger partial charge in [0.1, 0.15) is 18.7 Å². The molecule has 0 saturated carbocycles. The number of hydrogen-bond acceptors (Lipinski definition) is 12. The van der Waals surface area contributed by atoms with Crippen molar-refractivity contribution in [2.45, 2.75) is 90.6 Å². The van der Waals surface area contributed by atoms with Gasteiger partial charge in [-0.15, -0.1) is 0 Å². The Bertz CT molecular complexity index is 2130. The van der Waals surface area contributed by atoms with Gasteiger partial charge < -0.3 is 42.8 Å². The number of anilines is 2. The second-order valence-electron chi connectivity index (χ2n) is 16.2. The highest BCUT2D eigenvalue weighted by atomic mass is 16.5. The van der Waals surface area contributed by atoms with Gasteiger partial charge in [0.15, 0.2) is 0 Å². The Labute approximate surface area is 373 Å². The number of benzene rings is 2. The second-order valence-corrected chi connectivity index (χ2v) is 16.2. The molecule has 2 aliphatic rings. The SMILES string of the molecule is CC(C)C(NC(=O)CCCCCN1C(=O)C=CC1=O)C(=O)N[C@@H](CCCN)C(=O)Nc1ccc(COC(=O)NCCNC(=O)c2ccc(CN3CCc4ncc(N)cc4C3)cc2)cc1. The summed E-state index contributed by atoms with van der Waals surface area (Å²) in [6, 6.07) is 14.3. The predicted octanol–water partition coefficient (Wildman–Crippen LogP) is 2.67. The van der Waals surface area contributed by atoms with Gasteiger partial charge in [0.25, 0.3) is 17.7 Å². The average Bonchev–Trinajstić information content (AvgIpc) is 3.60. The molecule has 1 unspecified atom stereocenters. The molecule has 3 aromatic rings. The van der Waals surface area contributed by atoms with Crippen LogP contribution in [0.4, 0.5) is 16.2 Å². The number of aromatic nitrogens is 1. The van der Waals surface area contributed by atoms with Gasteiger partial charge in [0.2, 0.25) is 17.7 Å². The fourth-order valence-electron chi connectivity index (χ4n) is 7.23. The summed E-state index contributed by atoms with van der Waals surface area (Å²) in [5.41, 5.74) is 17.2. The molecular weight excluding hydrogens is 821 g/mol. The lowest BCUT2D eigenvalue weighted by atomic mass is 10.0. The van der Waals surface area contributed by atoms with Crippen LogP contribution >= 0.6 is 0 Å². The molecule has 1 aromatic heterocycles. The van der Waals surface area contributed by atoms with E-state index in [1.807, 2.05) is 18.2 Å². The third kappa shape index (κ3) is 15.0. The molecule has 2 aliphatic heterocycles. The van der Waals surface area contributed by atoms with Crippen LogP contribution in [-0.2, 0) is 54.8 Å². The molecule has 3 heterocycles. The molecule has 18 heteroatoms. The van der Waals surface area contributed by atoms with Crippen molar-refractivity contribution in [1.29, 1.82) is 0 Å². The van der Waals surface area contributed by atoms with Gasteiger partial charge in [-0.3, -0.25) is 43.6 Å². The number of hydrogen-bond donors (Lipinski definition) is 7. The van der Waals surface area contributed by atoms with E-state index >= 15 is 0 Å². The molecule has 2 aromatic carbocycles. The number of nitrogen functional groups attached to an aromatic ring is 1. The van der Waals surface area contributed by atoms with Crippen LogP contribution in [0.3, 0.4) is 0 Å². The normalized spacial score (nSPS) is 14.4. The number of amides is 7. The van der Waals surface area contributed by atoms with Gasteiger partial charge in [-0.25, -0.2) is 4.79 Å². The van der Waals surface area contributed by atoms with Gasteiger partial charge in [0.05, 0.1) is 11.9 Å². The molecule has 5 rings (SSSR count). The Hall–Kier alpha value is -6.66. The molecule has 7 amide bonds. The Morgan fingerprint density at radius 2 is 1.55 bits per heavy atom. The zero-order valence-electron chi connectivity index (χ0n) is 36.5. The smallest absolute Gasteiger partial charge is 0.407 e. The first-order chi connectivity index (χ1) is 30.8. The number of carbonyl (C=O) groups excluding carboxylic acids is 7. The minimum Gasteiger partial charge on any atom is -0.445 e. The van der Waals surface area contributed by atoms with Crippen LogP contribution in [0.2, 0.25) is 0 Å².